The zero-order valence-electron chi connectivity index (χ0n) is 13.8. The van der Waals surface area contributed by atoms with Gasteiger partial charge in [0.05, 0.1) is 11.3 Å². The Bertz CT molecular complexity index is 604. The lowest BCUT2D eigenvalue weighted by molar-refractivity contribution is -0.114. The number of carbonyl (C=O) groups excluding carboxylic acids is 2. The number of aliphatic hydroxyl groups is 1. The van der Waals surface area contributed by atoms with Crippen LogP contribution >= 0.6 is 12.4 Å². The fourth-order valence-electron chi connectivity index (χ4n) is 2.39. The molecule has 1 atom stereocenters. The van der Waals surface area contributed by atoms with E-state index >= 15 is 0 Å². The smallest absolute Gasteiger partial charge is 0.299 e. The highest BCUT2D eigenvalue weighted by molar-refractivity contribution is 6.52. The van der Waals surface area contributed by atoms with Crippen LogP contribution in [-0.2, 0) is 4.79 Å². The first-order chi connectivity index (χ1) is 10.3. The number of anilines is 1. The highest BCUT2D eigenvalue weighted by atomic mass is 35.5. The summed E-state index contributed by atoms with van der Waals surface area (Å²) in [4.78, 5) is 25.1. The van der Waals surface area contributed by atoms with E-state index in [0.29, 0.717) is 23.5 Å². The van der Waals surface area contributed by atoms with Crippen molar-refractivity contribution in [2.24, 2.45) is 0 Å². The molecule has 1 aromatic carbocycles. The summed E-state index contributed by atoms with van der Waals surface area (Å²) < 4.78 is 5.63. The predicted molar refractivity (Wildman–Crippen MR) is 90.8 cm³/mol. The number of aliphatic hydroxyl groups excluding tert-OH is 1. The average Bonchev–Trinajstić information content (AvgIpc) is 2.70. The van der Waals surface area contributed by atoms with Crippen molar-refractivity contribution < 1.29 is 19.4 Å². The molecule has 0 aliphatic carbocycles. The van der Waals surface area contributed by atoms with E-state index in [2.05, 4.69) is 5.32 Å². The third kappa shape index (κ3) is 4.02. The summed E-state index contributed by atoms with van der Waals surface area (Å²) in [5, 5.41) is 13.0. The second-order valence-electron chi connectivity index (χ2n) is 5.83. The standard InChI is InChI=1S/C16H22N2O4.ClH/c1-9(2)17-7-11(19)8-22-12-6-5-10(3)13-14(12)18(4)16(21)15(13)20;/h5-6,9,11,17,19H,7-8H2,1-4H3;1H. The summed E-state index contributed by atoms with van der Waals surface area (Å²) >= 11 is 0. The first-order valence-electron chi connectivity index (χ1n) is 7.33. The van der Waals surface area contributed by atoms with Gasteiger partial charge in [-0.05, 0) is 18.6 Å². The minimum atomic E-state index is -0.669. The molecule has 0 aromatic heterocycles. The molecule has 0 fully saturated rings. The Kier molecular flexibility index (Phi) is 6.56. The zero-order chi connectivity index (χ0) is 16.4. The number of carbonyl (C=O) groups is 2. The van der Waals surface area contributed by atoms with Crippen molar-refractivity contribution in [1.29, 1.82) is 0 Å². The molecule has 6 nitrogen and oxygen atoms in total. The van der Waals surface area contributed by atoms with Gasteiger partial charge >= 0.3 is 0 Å². The molecule has 1 aromatic rings. The van der Waals surface area contributed by atoms with Crippen LogP contribution in [0.25, 0.3) is 0 Å². The lowest BCUT2D eigenvalue weighted by Gasteiger charge is -2.19. The predicted octanol–water partition coefficient (Wildman–Crippen LogP) is 1.31. The first-order valence-corrected chi connectivity index (χ1v) is 7.33. The van der Waals surface area contributed by atoms with Crippen molar-refractivity contribution in [3.05, 3.63) is 23.3 Å². The van der Waals surface area contributed by atoms with Gasteiger partial charge in [-0.1, -0.05) is 19.9 Å². The molecule has 1 unspecified atom stereocenters. The van der Waals surface area contributed by atoms with Gasteiger partial charge in [-0.15, -0.1) is 12.4 Å². The van der Waals surface area contributed by atoms with Gasteiger partial charge < -0.3 is 20.1 Å². The largest absolute Gasteiger partial charge is 0.489 e. The Labute approximate surface area is 142 Å². The second-order valence-corrected chi connectivity index (χ2v) is 5.83. The van der Waals surface area contributed by atoms with E-state index < -0.39 is 17.8 Å². The topological polar surface area (TPSA) is 78.9 Å². The molecule has 0 saturated carbocycles. The summed E-state index contributed by atoms with van der Waals surface area (Å²) in [7, 11) is 1.55. The quantitative estimate of drug-likeness (QED) is 0.762. The first kappa shape index (κ1) is 19.4. The van der Waals surface area contributed by atoms with Gasteiger partial charge in [0.1, 0.15) is 18.5 Å². The third-order valence-electron chi connectivity index (χ3n) is 3.60. The molecule has 23 heavy (non-hydrogen) atoms. The van der Waals surface area contributed by atoms with Gasteiger partial charge in [-0.3, -0.25) is 9.59 Å². The van der Waals surface area contributed by atoms with Gasteiger partial charge in [0.15, 0.2) is 0 Å². The number of nitrogens with one attached hydrogen (secondary N) is 1. The Morgan fingerprint density at radius 1 is 1.30 bits per heavy atom. The molecule has 2 N–H and O–H groups in total. The zero-order valence-corrected chi connectivity index (χ0v) is 14.6. The van der Waals surface area contributed by atoms with Crippen molar-refractivity contribution in [3.8, 4) is 5.75 Å². The number of benzene rings is 1. The van der Waals surface area contributed by atoms with Crippen molar-refractivity contribution in [3.63, 3.8) is 0 Å². The summed E-state index contributed by atoms with van der Waals surface area (Å²) in [6.07, 6.45) is -0.669. The highest BCUT2D eigenvalue weighted by Crippen LogP contribution is 2.38. The molecular weight excluding hydrogens is 320 g/mol. The maximum absolute atomic E-state index is 12.0. The van der Waals surface area contributed by atoms with E-state index in [1.165, 1.54) is 4.90 Å². The number of aryl methyl sites for hydroxylation is 1. The molecule has 1 heterocycles. The number of fused-ring (bicyclic) bond motifs is 1. The fraction of sp³-hybridized carbons (Fsp3) is 0.500. The summed E-state index contributed by atoms with van der Waals surface area (Å²) in [5.74, 6) is -0.635. The van der Waals surface area contributed by atoms with Gasteiger partial charge in [0, 0.05) is 19.6 Å². The molecule has 128 valence electrons. The molecule has 7 heteroatoms. The molecule has 1 aliphatic rings. The monoisotopic (exact) mass is 342 g/mol. The van der Waals surface area contributed by atoms with Crippen LogP contribution in [0.5, 0.6) is 5.75 Å². The second kappa shape index (κ2) is 7.77. The summed E-state index contributed by atoms with van der Waals surface area (Å²) in [5.41, 5.74) is 1.62. The van der Waals surface area contributed by atoms with E-state index in [4.69, 9.17) is 4.74 Å². The maximum atomic E-state index is 12.0. The van der Waals surface area contributed by atoms with Crippen LogP contribution in [0.4, 0.5) is 5.69 Å². The van der Waals surface area contributed by atoms with Crippen LogP contribution in [-0.4, -0.2) is 49.1 Å². The lowest BCUT2D eigenvalue weighted by atomic mass is 10.0. The molecule has 0 saturated heterocycles. The molecule has 0 spiro atoms. The third-order valence-corrected chi connectivity index (χ3v) is 3.60. The van der Waals surface area contributed by atoms with Crippen LogP contribution in [0, 0.1) is 6.92 Å². The Hall–Kier alpha value is -1.63. The molecular formula is C16H23ClN2O4. The van der Waals surface area contributed by atoms with Crippen LogP contribution < -0.4 is 15.0 Å². The normalized spacial score (nSPS) is 14.8. The molecule has 1 amide bonds. The fourth-order valence-corrected chi connectivity index (χ4v) is 2.39. The summed E-state index contributed by atoms with van der Waals surface area (Å²) in [6, 6.07) is 3.75. The molecule has 2 rings (SSSR count). The molecule has 1 aliphatic heterocycles. The number of rotatable bonds is 6. The van der Waals surface area contributed by atoms with E-state index in [1.807, 2.05) is 13.8 Å². The van der Waals surface area contributed by atoms with Crippen molar-refractivity contribution >= 4 is 29.8 Å². The van der Waals surface area contributed by atoms with Gasteiger partial charge in [0.25, 0.3) is 11.7 Å². The van der Waals surface area contributed by atoms with Crippen LogP contribution in [0.15, 0.2) is 12.1 Å². The van der Waals surface area contributed by atoms with E-state index in [-0.39, 0.29) is 25.1 Å². The highest BCUT2D eigenvalue weighted by Gasteiger charge is 2.37. The van der Waals surface area contributed by atoms with Crippen LogP contribution in [0.2, 0.25) is 0 Å². The van der Waals surface area contributed by atoms with E-state index in [1.54, 1.807) is 26.1 Å². The number of ether oxygens (including phenoxy) is 1. The minimum absolute atomic E-state index is 0. The number of ketones is 1. The molecule has 0 bridgehead atoms. The van der Waals surface area contributed by atoms with Gasteiger partial charge in [-0.25, -0.2) is 0 Å². The van der Waals surface area contributed by atoms with Crippen molar-refractivity contribution in [2.75, 3.05) is 25.1 Å². The Morgan fingerprint density at radius 2 is 1.96 bits per heavy atom. The summed E-state index contributed by atoms with van der Waals surface area (Å²) in [6.45, 7) is 6.28. The van der Waals surface area contributed by atoms with Crippen LogP contribution in [0.3, 0.4) is 0 Å². The Morgan fingerprint density at radius 3 is 2.57 bits per heavy atom. The molecule has 0 radical (unpaired) electrons. The Balaban J connectivity index is 0.00000264. The number of likely N-dealkylation sites (N-methyl/N-ethyl adjacent to an activating group) is 1. The van der Waals surface area contributed by atoms with Crippen molar-refractivity contribution in [1.82, 2.24) is 5.32 Å². The van der Waals surface area contributed by atoms with E-state index in [9.17, 15) is 14.7 Å². The SMILES string of the molecule is Cc1ccc(OCC(O)CNC(C)C)c2c1C(=O)C(=O)N2C.Cl. The minimum Gasteiger partial charge on any atom is -0.489 e. The average molecular weight is 343 g/mol. The maximum Gasteiger partial charge on any atom is 0.299 e. The van der Waals surface area contributed by atoms with Gasteiger partial charge in [-0.2, -0.15) is 0 Å². The van der Waals surface area contributed by atoms with Crippen molar-refractivity contribution in [2.45, 2.75) is 32.9 Å². The van der Waals surface area contributed by atoms with Crippen LogP contribution in [0.1, 0.15) is 29.8 Å². The number of nitrogens with zero attached hydrogens (tertiary/aromatic N) is 1. The van der Waals surface area contributed by atoms with Gasteiger partial charge in [0.2, 0.25) is 0 Å². The number of hydrogen-bond donors (Lipinski definition) is 2. The number of amides is 1. The van der Waals surface area contributed by atoms with E-state index in [0.717, 1.165) is 5.56 Å². The lowest BCUT2D eigenvalue weighted by Crippen LogP contribution is -2.35. The number of hydrogen-bond acceptors (Lipinski definition) is 5. The number of Topliss-reactive ketones (excluding diaryl/α,β-unsaturated/α-hetero) is 1. The number of halogens is 1.